The molecule has 37 heavy (non-hydrogen) atoms. The highest BCUT2D eigenvalue weighted by Gasteiger charge is 2.28. The van der Waals surface area contributed by atoms with Crippen LogP contribution in [-0.2, 0) is 11.2 Å². The third kappa shape index (κ3) is 4.49. The predicted molar refractivity (Wildman–Crippen MR) is 139 cm³/mol. The van der Waals surface area contributed by atoms with Gasteiger partial charge in [0.25, 0.3) is 0 Å². The lowest BCUT2D eigenvalue weighted by molar-refractivity contribution is 0.102. The number of ether oxygens (including phenoxy) is 3. The molecule has 11 heteroatoms. The number of aryl methyl sites for hydroxylation is 2. The number of thiazole rings is 1. The summed E-state index contributed by atoms with van der Waals surface area (Å²) in [7, 11) is 1.58. The van der Waals surface area contributed by atoms with E-state index >= 15 is 0 Å². The largest absolute Gasteiger partial charge is 0.486 e. The zero-order valence-electron chi connectivity index (χ0n) is 20.3. The van der Waals surface area contributed by atoms with Gasteiger partial charge in [-0.15, -0.1) is 11.3 Å². The fourth-order valence-corrected chi connectivity index (χ4v) is 5.41. The Hall–Kier alpha value is -4.38. The molecule has 0 fully saturated rings. The maximum absolute atomic E-state index is 12.2. The highest BCUT2D eigenvalue weighted by atomic mass is 32.1. The first-order valence-electron chi connectivity index (χ1n) is 11.6. The molecule has 0 saturated carbocycles. The van der Waals surface area contributed by atoms with Crippen LogP contribution < -0.4 is 14.8 Å². The van der Waals surface area contributed by atoms with Gasteiger partial charge in [-0.05, 0) is 43.7 Å². The molecule has 4 heterocycles. The van der Waals surface area contributed by atoms with Crippen LogP contribution in [0.15, 0.2) is 42.9 Å². The van der Waals surface area contributed by atoms with E-state index in [1.54, 1.807) is 31.6 Å². The summed E-state index contributed by atoms with van der Waals surface area (Å²) in [5.74, 6) is 1.87. The van der Waals surface area contributed by atoms with E-state index in [2.05, 4.69) is 31.3 Å². The first-order chi connectivity index (χ1) is 18.0. The second-order valence-corrected chi connectivity index (χ2v) is 9.69. The highest BCUT2D eigenvalue weighted by molar-refractivity contribution is 7.22. The topological polar surface area (TPSA) is 121 Å². The molecule has 2 aromatic carbocycles. The Bertz CT molecular complexity index is 1650. The number of hydrogen-bond acceptors (Lipinski definition) is 10. The molecule has 0 bridgehead atoms. The molecule has 1 unspecified atom stereocenters. The van der Waals surface area contributed by atoms with Crippen LogP contribution in [0, 0.1) is 13.8 Å². The van der Waals surface area contributed by atoms with E-state index in [1.807, 2.05) is 25.1 Å². The van der Waals surface area contributed by atoms with Gasteiger partial charge in [-0.25, -0.2) is 29.7 Å². The molecule has 0 radical (unpaired) electrons. The minimum atomic E-state index is -0.582. The molecule has 1 atom stereocenters. The average molecular weight is 515 g/mol. The summed E-state index contributed by atoms with van der Waals surface area (Å²) in [6.07, 6.45) is 4.42. The van der Waals surface area contributed by atoms with E-state index in [-0.39, 0.29) is 12.7 Å². The smallest absolute Gasteiger partial charge is 0.411 e. The number of nitrogens with one attached hydrogen (secondary N) is 1. The zero-order valence-corrected chi connectivity index (χ0v) is 21.1. The van der Waals surface area contributed by atoms with Gasteiger partial charge >= 0.3 is 6.09 Å². The van der Waals surface area contributed by atoms with Gasteiger partial charge in [0, 0.05) is 17.5 Å². The van der Waals surface area contributed by atoms with E-state index in [4.69, 9.17) is 19.2 Å². The van der Waals surface area contributed by atoms with E-state index in [0.29, 0.717) is 23.8 Å². The van der Waals surface area contributed by atoms with Crippen molar-refractivity contribution in [2.45, 2.75) is 26.4 Å². The van der Waals surface area contributed by atoms with Crippen LogP contribution in [0.4, 0.5) is 10.5 Å². The first-order valence-corrected chi connectivity index (χ1v) is 12.4. The molecule has 1 amide bonds. The van der Waals surface area contributed by atoms with Crippen LogP contribution >= 0.6 is 11.3 Å². The fourth-order valence-electron chi connectivity index (χ4n) is 4.28. The molecule has 6 rings (SSSR count). The molecule has 1 N–H and O–H groups in total. The van der Waals surface area contributed by atoms with Crippen LogP contribution in [0.25, 0.3) is 31.8 Å². The van der Waals surface area contributed by atoms with Gasteiger partial charge in [0.2, 0.25) is 5.88 Å². The van der Waals surface area contributed by atoms with Crippen LogP contribution in [0.1, 0.15) is 17.0 Å². The van der Waals surface area contributed by atoms with Gasteiger partial charge in [0.05, 0.1) is 52.6 Å². The number of amides is 1. The van der Waals surface area contributed by atoms with Gasteiger partial charge in [-0.3, -0.25) is 5.32 Å². The molecule has 186 valence electrons. The van der Waals surface area contributed by atoms with Crippen molar-refractivity contribution in [2.24, 2.45) is 0 Å². The Morgan fingerprint density at radius 2 is 1.95 bits per heavy atom. The number of carbonyl (C=O) groups excluding carboxylic acids is 1. The summed E-state index contributed by atoms with van der Waals surface area (Å²) < 4.78 is 17.8. The minimum Gasteiger partial charge on any atom is -0.486 e. The molecule has 3 aromatic heterocycles. The van der Waals surface area contributed by atoms with Gasteiger partial charge in [0.1, 0.15) is 29.3 Å². The monoisotopic (exact) mass is 514 g/mol. The van der Waals surface area contributed by atoms with E-state index in [1.165, 1.54) is 12.4 Å². The van der Waals surface area contributed by atoms with Crippen molar-refractivity contribution in [3.05, 3.63) is 59.8 Å². The van der Waals surface area contributed by atoms with Crippen LogP contribution in [0.2, 0.25) is 0 Å². The maximum atomic E-state index is 12.2. The standard InChI is InChI=1S/C26H22N6O4S/c1-13-6-18(23-20(7-13)31-22(34-3)11-29-23)25-32-19-4-5-21-17(24(19)37-25)8-16(36-21)12-35-26(33)30-15-9-27-14(2)28-10-15/h4-7,9-11,16H,8,12H2,1-3H3,(H,30,33). The Balaban J connectivity index is 1.22. The van der Waals surface area contributed by atoms with Crippen LogP contribution in [-0.4, -0.2) is 50.8 Å². The number of nitrogens with zero attached hydrogens (tertiary/aromatic N) is 5. The second-order valence-electron chi connectivity index (χ2n) is 8.69. The van der Waals surface area contributed by atoms with Crippen LogP contribution in [0.5, 0.6) is 11.6 Å². The van der Waals surface area contributed by atoms with Crippen molar-refractivity contribution in [2.75, 3.05) is 19.0 Å². The summed E-state index contributed by atoms with van der Waals surface area (Å²) in [6, 6.07) is 7.93. The molecule has 0 saturated heterocycles. The Morgan fingerprint density at radius 1 is 1.11 bits per heavy atom. The summed E-state index contributed by atoms with van der Waals surface area (Å²) in [6.45, 7) is 3.91. The lowest BCUT2D eigenvalue weighted by Gasteiger charge is -2.11. The van der Waals surface area contributed by atoms with E-state index < -0.39 is 6.09 Å². The van der Waals surface area contributed by atoms with Crippen molar-refractivity contribution >= 4 is 44.4 Å². The summed E-state index contributed by atoms with van der Waals surface area (Å²) >= 11 is 1.59. The lowest BCUT2D eigenvalue weighted by Crippen LogP contribution is -2.25. The second kappa shape index (κ2) is 9.25. The molecule has 10 nitrogen and oxygen atoms in total. The summed E-state index contributed by atoms with van der Waals surface area (Å²) in [4.78, 5) is 34.4. The van der Waals surface area contributed by atoms with Crippen LogP contribution in [0.3, 0.4) is 0 Å². The normalized spacial score (nSPS) is 14.4. The fraction of sp³-hybridized carbons (Fsp3) is 0.231. The molecule has 1 aliphatic rings. The van der Waals surface area contributed by atoms with Gasteiger partial charge in [0.15, 0.2) is 0 Å². The summed E-state index contributed by atoms with van der Waals surface area (Å²) in [5, 5.41) is 3.48. The number of benzene rings is 2. The quantitative estimate of drug-likeness (QED) is 0.350. The van der Waals surface area contributed by atoms with Crippen molar-refractivity contribution in [1.29, 1.82) is 0 Å². The van der Waals surface area contributed by atoms with Crippen molar-refractivity contribution in [3.8, 4) is 22.2 Å². The Morgan fingerprint density at radius 3 is 2.76 bits per heavy atom. The lowest BCUT2D eigenvalue weighted by atomic mass is 10.1. The predicted octanol–water partition coefficient (Wildman–Crippen LogP) is 4.87. The van der Waals surface area contributed by atoms with E-state index in [9.17, 15) is 4.79 Å². The van der Waals surface area contributed by atoms with Crippen molar-refractivity contribution in [3.63, 3.8) is 0 Å². The molecule has 1 aliphatic heterocycles. The number of anilines is 1. The van der Waals surface area contributed by atoms with Crippen molar-refractivity contribution < 1.29 is 19.0 Å². The third-order valence-corrected chi connectivity index (χ3v) is 7.14. The molecule has 5 aromatic rings. The SMILES string of the molecule is COc1cnc2c(-c3nc4ccc5c(c4s3)CC(COC(=O)Nc3cnc(C)nc3)O5)cc(C)cc2n1. The number of fused-ring (bicyclic) bond motifs is 4. The number of aromatic nitrogens is 5. The molecular weight excluding hydrogens is 492 g/mol. The van der Waals surface area contributed by atoms with Gasteiger partial charge in [-0.2, -0.15) is 0 Å². The van der Waals surface area contributed by atoms with E-state index in [0.717, 1.165) is 48.7 Å². The highest BCUT2D eigenvalue weighted by Crippen LogP contribution is 2.41. The third-order valence-electron chi connectivity index (χ3n) is 5.98. The molecule has 0 spiro atoms. The Kier molecular flexibility index (Phi) is 5.76. The van der Waals surface area contributed by atoms with Gasteiger partial charge in [-0.1, -0.05) is 0 Å². The average Bonchev–Trinajstić information content (AvgIpc) is 3.52. The first kappa shape index (κ1) is 23.0. The number of hydrogen-bond donors (Lipinski definition) is 1. The summed E-state index contributed by atoms with van der Waals surface area (Å²) in [5.41, 5.74) is 5.94. The minimum absolute atomic E-state index is 0.111. The maximum Gasteiger partial charge on any atom is 0.411 e. The number of carbonyl (C=O) groups is 1. The molecular formula is C26H22N6O4S. The molecule has 0 aliphatic carbocycles. The van der Waals surface area contributed by atoms with Gasteiger partial charge < -0.3 is 14.2 Å². The Labute approximate surface area is 215 Å². The number of rotatable bonds is 5. The van der Waals surface area contributed by atoms with Crippen molar-refractivity contribution in [1.82, 2.24) is 24.9 Å². The number of methoxy groups -OCH3 is 1. The zero-order chi connectivity index (χ0) is 25.5.